The molecule has 0 aliphatic heterocycles. The highest BCUT2D eigenvalue weighted by atomic mass is 33.8. The van der Waals surface area contributed by atoms with Crippen molar-refractivity contribution in [3.8, 4) is 0 Å². The Morgan fingerprint density at radius 1 is 0.818 bits per heavy atom. The van der Waals surface area contributed by atoms with Crippen molar-refractivity contribution >= 4 is 51.4 Å². The van der Waals surface area contributed by atoms with Gasteiger partial charge in [0.1, 0.15) is 8.66 Å². The van der Waals surface area contributed by atoms with Crippen molar-refractivity contribution in [1.82, 2.24) is 0 Å². The first-order valence-corrected chi connectivity index (χ1v) is 7.83. The van der Waals surface area contributed by atoms with Crippen molar-refractivity contribution in [1.29, 1.82) is 0 Å². The van der Waals surface area contributed by atoms with Crippen LogP contribution in [0, 0.1) is 20.2 Å². The molecule has 0 aliphatic rings. The van der Waals surface area contributed by atoms with Crippen molar-refractivity contribution in [2.45, 2.75) is 0 Å². The van der Waals surface area contributed by atoms with Crippen LogP contribution in [0.25, 0.3) is 0 Å². The summed E-state index contributed by atoms with van der Waals surface area (Å²) in [6, 6.07) is 0. The van der Waals surface area contributed by atoms with E-state index in [1.165, 1.54) is 0 Å². The van der Waals surface area contributed by atoms with Gasteiger partial charge in [-0.15, -0.1) is 0 Å². The van der Waals surface area contributed by atoms with E-state index in [1.807, 2.05) is 0 Å². The standard InChI is InChI=1S/N2O4S5/c3-1(4)7-9-11-10-8-2(5)6. The Kier molecular flexibility index (Phi) is 7.57. The third-order valence-electron chi connectivity index (χ3n) is 0.238. The second-order valence-corrected chi connectivity index (χ2v) is 7.90. The van der Waals surface area contributed by atoms with E-state index in [4.69, 9.17) is 0 Å². The molecule has 0 saturated heterocycles. The Morgan fingerprint density at radius 3 is 1.45 bits per heavy atom. The molecule has 0 radical (unpaired) electrons. The van der Waals surface area contributed by atoms with E-state index < -0.39 is 8.66 Å². The summed E-state index contributed by atoms with van der Waals surface area (Å²) in [5.74, 6) is 0. The van der Waals surface area contributed by atoms with Gasteiger partial charge in [-0.2, -0.15) is 0 Å². The molecule has 64 valence electrons. The summed E-state index contributed by atoms with van der Waals surface area (Å²) in [5.41, 5.74) is 0. The van der Waals surface area contributed by atoms with Crippen molar-refractivity contribution < 1.29 is 8.66 Å². The molecular formula is N2O4S5. The quantitative estimate of drug-likeness (QED) is 0.233. The molecule has 11 heteroatoms. The average Bonchev–Trinajstić information content (AvgIpc) is 1.85. The summed E-state index contributed by atoms with van der Waals surface area (Å²) in [6.45, 7) is 0. The summed E-state index contributed by atoms with van der Waals surface area (Å²) in [4.78, 5) is 19.4. The maximum atomic E-state index is 9.68. The summed E-state index contributed by atoms with van der Waals surface area (Å²) < 4.78 is -1.15. The molecule has 0 aromatic heterocycles. The first kappa shape index (κ1) is 11.6. The third-order valence-corrected chi connectivity index (χ3v) is 7.24. The Morgan fingerprint density at radius 2 is 1.18 bits per heavy atom. The first-order chi connectivity index (χ1) is 5.13. The SMILES string of the molecule is O=[N+]([O-])SSSSS[N+](=O)[O-]. The van der Waals surface area contributed by atoms with E-state index in [2.05, 4.69) is 0 Å². The van der Waals surface area contributed by atoms with Crippen LogP contribution in [0.3, 0.4) is 0 Å². The van der Waals surface area contributed by atoms with Crippen LogP contribution in [0.2, 0.25) is 0 Å². The van der Waals surface area contributed by atoms with Crippen molar-refractivity contribution in [2.24, 2.45) is 0 Å². The lowest BCUT2D eigenvalue weighted by Crippen LogP contribution is -1.75. The Labute approximate surface area is 80.2 Å². The van der Waals surface area contributed by atoms with Gasteiger partial charge < -0.3 is 0 Å². The molecule has 0 N–H and O–H groups in total. The number of nitro groups is 2. The van der Waals surface area contributed by atoms with Crippen molar-refractivity contribution in [3.05, 3.63) is 20.2 Å². The molecule has 0 aromatic carbocycles. The van der Waals surface area contributed by atoms with Gasteiger partial charge in [-0.3, -0.25) is 0 Å². The molecule has 0 bridgehead atoms. The molecule has 0 heterocycles. The minimum atomic E-state index is -0.574. The number of hydrogen-bond acceptors (Lipinski definition) is 9. The Hall–Kier alpha value is 0.550. The van der Waals surface area contributed by atoms with Gasteiger partial charge in [-0.05, 0) is 0 Å². The van der Waals surface area contributed by atoms with Gasteiger partial charge in [0.15, 0.2) is 0 Å². The van der Waals surface area contributed by atoms with Crippen LogP contribution in [0.5, 0.6) is 0 Å². The molecule has 0 atom stereocenters. The lowest BCUT2D eigenvalue weighted by molar-refractivity contribution is -0.280. The van der Waals surface area contributed by atoms with Gasteiger partial charge in [0, 0.05) is 9.83 Å². The van der Waals surface area contributed by atoms with Crippen LogP contribution in [0.15, 0.2) is 0 Å². The van der Waals surface area contributed by atoms with E-state index in [9.17, 15) is 20.2 Å². The molecule has 0 spiro atoms. The minimum absolute atomic E-state index is 0.428. The summed E-state index contributed by atoms with van der Waals surface area (Å²) in [7, 11) is 3.59. The van der Waals surface area contributed by atoms with Gasteiger partial charge in [-0.25, -0.2) is 20.2 Å². The number of nitrogens with zero attached hydrogens (tertiary/aromatic N) is 2. The maximum Gasteiger partial charge on any atom is 0.312 e. The van der Waals surface area contributed by atoms with Crippen molar-refractivity contribution in [3.63, 3.8) is 0 Å². The second-order valence-electron chi connectivity index (χ2n) is 0.800. The van der Waals surface area contributed by atoms with E-state index in [0.717, 1.165) is 29.5 Å². The number of rotatable bonds is 6. The molecular weight excluding hydrogens is 252 g/mol. The molecule has 0 amide bonds. The summed E-state index contributed by atoms with van der Waals surface area (Å²) in [5, 5.41) is 19.4. The second kappa shape index (κ2) is 7.21. The van der Waals surface area contributed by atoms with Crippen LogP contribution in [-0.2, 0) is 0 Å². The lowest BCUT2D eigenvalue weighted by Gasteiger charge is -1.85. The molecule has 6 nitrogen and oxygen atoms in total. The predicted octanol–water partition coefficient (Wildman–Crippen LogP) is 2.70. The first-order valence-electron chi connectivity index (χ1n) is 1.76. The topological polar surface area (TPSA) is 86.3 Å². The van der Waals surface area contributed by atoms with Gasteiger partial charge in [0.2, 0.25) is 0 Å². The number of hydrogen-bond donors (Lipinski definition) is 0. The highest BCUT2D eigenvalue weighted by molar-refractivity contribution is 9.35. The van der Waals surface area contributed by atoms with Gasteiger partial charge in [-0.1, -0.05) is 0 Å². The zero-order chi connectivity index (χ0) is 8.69. The minimum Gasteiger partial charge on any atom is -0.250 e. The van der Waals surface area contributed by atoms with Crippen LogP contribution in [0.1, 0.15) is 0 Å². The van der Waals surface area contributed by atoms with Crippen LogP contribution in [-0.4, -0.2) is 8.66 Å². The molecule has 0 unspecified atom stereocenters. The molecule has 0 fully saturated rings. The average molecular weight is 252 g/mol. The zero-order valence-corrected chi connectivity index (χ0v) is 8.65. The fourth-order valence-corrected chi connectivity index (χ4v) is 6.11. The highest BCUT2D eigenvalue weighted by Crippen LogP contribution is 2.48. The van der Waals surface area contributed by atoms with Gasteiger partial charge in [0.25, 0.3) is 0 Å². The van der Waals surface area contributed by atoms with E-state index >= 15 is 0 Å². The fourth-order valence-electron chi connectivity index (χ4n) is 0.0859. The normalized spacial score (nSPS) is 9.45. The van der Waals surface area contributed by atoms with E-state index in [-0.39, 0.29) is 0 Å². The molecule has 11 heavy (non-hydrogen) atoms. The van der Waals surface area contributed by atoms with Crippen LogP contribution < -0.4 is 0 Å². The van der Waals surface area contributed by atoms with Crippen LogP contribution >= 0.6 is 51.4 Å². The molecule has 0 aromatic rings. The van der Waals surface area contributed by atoms with Gasteiger partial charge in [0.05, 0.1) is 19.7 Å². The maximum absolute atomic E-state index is 9.68. The van der Waals surface area contributed by atoms with E-state index in [0.29, 0.717) is 22.0 Å². The smallest absolute Gasteiger partial charge is 0.250 e. The molecule has 0 rings (SSSR count). The van der Waals surface area contributed by atoms with Gasteiger partial charge >= 0.3 is 22.0 Å². The van der Waals surface area contributed by atoms with Crippen LogP contribution in [0.4, 0.5) is 0 Å². The van der Waals surface area contributed by atoms with E-state index in [1.54, 1.807) is 0 Å². The highest BCUT2D eigenvalue weighted by Gasteiger charge is 2.07. The molecule has 0 aliphatic carbocycles. The largest absolute Gasteiger partial charge is 0.312 e. The predicted molar refractivity (Wildman–Crippen MR) is 51.9 cm³/mol. The summed E-state index contributed by atoms with van der Waals surface area (Å²) >= 11 is 0. The summed E-state index contributed by atoms with van der Waals surface area (Å²) in [6.07, 6.45) is 0. The fraction of sp³-hybridized carbons (Fsp3) is 0. The van der Waals surface area contributed by atoms with Crippen molar-refractivity contribution in [2.75, 3.05) is 0 Å². The monoisotopic (exact) mass is 252 g/mol. The molecule has 0 saturated carbocycles. The third kappa shape index (κ3) is 10.6. The Balaban J connectivity index is 3.03. The lowest BCUT2D eigenvalue weighted by atomic mass is 13.4. The Bertz CT molecular complexity index is 131. The zero-order valence-electron chi connectivity index (χ0n) is 4.57.